The SMILES string of the molecule is Cc1cccc(-c2ccc(-c3ccc(N(c4ccccc4)c4ccc5c(c4)C(C)(C)c4cc(-n6c7ccccc7c7ccccc76)ccc4-5)cc3)cc2)c1. The molecule has 1 aliphatic carbocycles. The standard InChI is InChI=1S/C52H40N2/c1-35-12-11-13-39(32-35)38-22-20-36(21-23-38)37-24-26-41(27-25-37)53(40-14-5-4-6-15-40)42-28-30-44-45-31-29-43(34-49(45)52(2,3)48(44)33-42)54-50-18-9-7-16-46(50)47-17-8-10-19-51(47)54/h4-34H,1-3H3. The second-order valence-electron chi connectivity index (χ2n) is 15.1. The Labute approximate surface area is 317 Å². The number of anilines is 3. The lowest BCUT2D eigenvalue weighted by atomic mass is 9.82. The van der Waals surface area contributed by atoms with Gasteiger partial charge in [-0.2, -0.15) is 0 Å². The van der Waals surface area contributed by atoms with Gasteiger partial charge in [-0.25, -0.2) is 0 Å². The molecule has 0 spiro atoms. The van der Waals surface area contributed by atoms with Crippen LogP contribution in [0.15, 0.2) is 188 Å². The number of nitrogens with zero attached hydrogens (tertiary/aromatic N) is 2. The van der Waals surface area contributed by atoms with E-state index in [-0.39, 0.29) is 5.41 Å². The first-order valence-electron chi connectivity index (χ1n) is 18.8. The first-order valence-corrected chi connectivity index (χ1v) is 18.8. The zero-order valence-corrected chi connectivity index (χ0v) is 30.8. The molecule has 0 amide bonds. The van der Waals surface area contributed by atoms with Gasteiger partial charge in [-0.3, -0.25) is 0 Å². The zero-order chi connectivity index (χ0) is 36.4. The molecule has 0 saturated carbocycles. The molecule has 0 fully saturated rings. The first kappa shape index (κ1) is 32.0. The van der Waals surface area contributed by atoms with Gasteiger partial charge in [0.15, 0.2) is 0 Å². The molecule has 0 N–H and O–H groups in total. The van der Waals surface area contributed by atoms with E-state index in [1.807, 2.05) is 0 Å². The molecule has 0 unspecified atom stereocenters. The van der Waals surface area contributed by atoms with Gasteiger partial charge in [0.25, 0.3) is 0 Å². The number of fused-ring (bicyclic) bond motifs is 6. The summed E-state index contributed by atoms with van der Waals surface area (Å²) in [5, 5.41) is 2.57. The van der Waals surface area contributed by atoms with E-state index < -0.39 is 0 Å². The van der Waals surface area contributed by atoms with Crippen molar-refractivity contribution in [2.45, 2.75) is 26.2 Å². The van der Waals surface area contributed by atoms with E-state index in [1.165, 1.54) is 77.6 Å². The van der Waals surface area contributed by atoms with Crippen LogP contribution in [0.1, 0.15) is 30.5 Å². The van der Waals surface area contributed by atoms with E-state index in [0.29, 0.717) is 0 Å². The lowest BCUT2D eigenvalue weighted by Gasteiger charge is -2.28. The summed E-state index contributed by atoms with van der Waals surface area (Å²) in [6, 6.07) is 68.9. The fraction of sp³-hybridized carbons (Fsp3) is 0.0769. The molecule has 2 nitrogen and oxygen atoms in total. The maximum absolute atomic E-state index is 2.43. The number of aromatic nitrogens is 1. The number of rotatable bonds is 6. The van der Waals surface area contributed by atoms with Crippen LogP contribution in [0.3, 0.4) is 0 Å². The molecule has 8 aromatic carbocycles. The van der Waals surface area contributed by atoms with E-state index in [4.69, 9.17) is 0 Å². The Kier molecular flexibility index (Phi) is 7.42. The van der Waals surface area contributed by atoms with E-state index >= 15 is 0 Å². The van der Waals surface area contributed by atoms with Crippen molar-refractivity contribution in [2.24, 2.45) is 0 Å². The van der Waals surface area contributed by atoms with Crippen molar-refractivity contribution < 1.29 is 0 Å². The summed E-state index contributed by atoms with van der Waals surface area (Å²) in [7, 11) is 0. The van der Waals surface area contributed by atoms with Crippen LogP contribution in [0, 0.1) is 6.92 Å². The monoisotopic (exact) mass is 692 g/mol. The van der Waals surface area contributed by atoms with Crippen molar-refractivity contribution in [3.8, 4) is 39.1 Å². The second kappa shape index (κ2) is 12.5. The van der Waals surface area contributed by atoms with Crippen molar-refractivity contribution >= 4 is 38.9 Å². The number of aryl methyl sites for hydroxylation is 1. The average Bonchev–Trinajstić information content (AvgIpc) is 3.67. The molecular weight excluding hydrogens is 653 g/mol. The molecule has 0 bridgehead atoms. The molecule has 0 aliphatic heterocycles. The summed E-state index contributed by atoms with van der Waals surface area (Å²) in [6.07, 6.45) is 0. The molecule has 1 heterocycles. The third-order valence-electron chi connectivity index (χ3n) is 11.4. The minimum absolute atomic E-state index is 0.188. The fourth-order valence-electron chi connectivity index (χ4n) is 8.70. The van der Waals surface area contributed by atoms with Crippen molar-refractivity contribution in [1.29, 1.82) is 0 Å². The van der Waals surface area contributed by atoms with Crippen LogP contribution in [-0.4, -0.2) is 4.57 Å². The van der Waals surface area contributed by atoms with Crippen LogP contribution >= 0.6 is 0 Å². The molecule has 1 aliphatic rings. The number of hydrogen-bond acceptors (Lipinski definition) is 1. The molecule has 0 radical (unpaired) electrons. The second-order valence-corrected chi connectivity index (χ2v) is 15.1. The average molecular weight is 693 g/mol. The Balaban J connectivity index is 1.02. The quantitative estimate of drug-likeness (QED) is 0.168. The maximum atomic E-state index is 2.43. The Bertz CT molecular complexity index is 2790. The van der Waals surface area contributed by atoms with Gasteiger partial charge in [-0.05, 0) is 112 Å². The van der Waals surface area contributed by atoms with Crippen LogP contribution < -0.4 is 4.90 Å². The molecule has 2 heteroatoms. The molecule has 0 atom stereocenters. The van der Waals surface area contributed by atoms with Crippen LogP contribution in [0.25, 0.3) is 60.9 Å². The molecule has 10 rings (SSSR count). The molecular formula is C52H40N2. The van der Waals surface area contributed by atoms with Gasteiger partial charge in [0, 0.05) is 38.9 Å². The van der Waals surface area contributed by atoms with Gasteiger partial charge in [-0.1, -0.05) is 147 Å². The zero-order valence-electron chi connectivity index (χ0n) is 30.8. The third kappa shape index (κ3) is 5.17. The highest BCUT2D eigenvalue weighted by atomic mass is 15.1. The third-order valence-corrected chi connectivity index (χ3v) is 11.4. The Hall–Kier alpha value is -6.64. The Morgan fingerprint density at radius 1 is 0.407 bits per heavy atom. The highest BCUT2D eigenvalue weighted by Crippen LogP contribution is 2.51. The highest BCUT2D eigenvalue weighted by molar-refractivity contribution is 6.09. The van der Waals surface area contributed by atoms with Gasteiger partial charge in [-0.15, -0.1) is 0 Å². The Morgan fingerprint density at radius 2 is 0.926 bits per heavy atom. The van der Waals surface area contributed by atoms with Crippen LogP contribution in [0.2, 0.25) is 0 Å². The molecule has 258 valence electrons. The number of para-hydroxylation sites is 3. The summed E-state index contributed by atoms with van der Waals surface area (Å²) >= 11 is 0. The van der Waals surface area contributed by atoms with Crippen molar-refractivity contribution in [1.82, 2.24) is 4.57 Å². The highest BCUT2D eigenvalue weighted by Gasteiger charge is 2.36. The largest absolute Gasteiger partial charge is 0.310 e. The van der Waals surface area contributed by atoms with Gasteiger partial charge < -0.3 is 9.47 Å². The smallest absolute Gasteiger partial charge is 0.0541 e. The summed E-state index contributed by atoms with van der Waals surface area (Å²) in [4.78, 5) is 2.38. The van der Waals surface area contributed by atoms with E-state index in [9.17, 15) is 0 Å². The minimum atomic E-state index is -0.188. The van der Waals surface area contributed by atoms with Crippen molar-refractivity contribution in [3.05, 3.63) is 205 Å². The maximum Gasteiger partial charge on any atom is 0.0541 e. The van der Waals surface area contributed by atoms with Gasteiger partial charge >= 0.3 is 0 Å². The van der Waals surface area contributed by atoms with E-state index in [2.05, 4.69) is 218 Å². The summed E-state index contributed by atoms with van der Waals surface area (Å²) in [5.41, 5.74) is 18.4. The summed E-state index contributed by atoms with van der Waals surface area (Å²) in [6.45, 7) is 6.90. The van der Waals surface area contributed by atoms with Gasteiger partial charge in [0.05, 0.1) is 11.0 Å². The lowest BCUT2D eigenvalue weighted by Crippen LogP contribution is -2.17. The lowest BCUT2D eigenvalue weighted by molar-refractivity contribution is 0.660. The molecule has 1 aromatic heterocycles. The van der Waals surface area contributed by atoms with Gasteiger partial charge in [0.1, 0.15) is 0 Å². The predicted octanol–water partition coefficient (Wildman–Crippen LogP) is 14.2. The molecule has 9 aromatic rings. The minimum Gasteiger partial charge on any atom is -0.310 e. The normalized spacial score (nSPS) is 12.9. The fourth-order valence-corrected chi connectivity index (χ4v) is 8.70. The number of hydrogen-bond donors (Lipinski definition) is 0. The van der Waals surface area contributed by atoms with Crippen molar-refractivity contribution in [3.63, 3.8) is 0 Å². The Morgan fingerprint density at radius 3 is 1.57 bits per heavy atom. The van der Waals surface area contributed by atoms with E-state index in [1.54, 1.807) is 0 Å². The van der Waals surface area contributed by atoms with Crippen molar-refractivity contribution in [2.75, 3.05) is 4.90 Å². The topological polar surface area (TPSA) is 8.17 Å². The van der Waals surface area contributed by atoms with Gasteiger partial charge in [0.2, 0.25) is 0 Å². The molecule has 54 heavy (non-hydrogen) atoms. The number of benzene rings is 8. The van der Waals surface area contributed by atoms with E-state index in [0.717, 1.165) is 17.1 Å². The van der Waals surface area contributed by atoms with Crippen LogP contribution in [0.4, 0.5) is 17.1 Å². The first-order chi connectivity index (χ1) is 26.4. The van der Waals surface area contributed by atoms with Crippen LogP contribution in [0.5, 0.6) is 0 Å². The summed E-state index contributed by atoms with van der Waals surface area (Å²) < 4.78 is 2.43. The van der Waals surface area contributed by atoms with Crippen LogP contribution in [-0.2, 0) is 5.41 Å². The predicted molar refractivity (Wildman–Crippen MR) is 229 cm³/mol. The summed E-state index contributed by atoms with van der Waals surface area (Å²) in [5.74, 6) is 0. The molecule has 0 saturated heterocycles.